The lowest BCUT2D eigenvalue weighted by Crippen LogP contribution is -2.44. The van der Waals surface area contributed by atoms with E-state index in [1.165, 1.54) is 0 Å². The quantitative estimate of drug-likeness (QED) is 0.368. The van der Waals surface area contributed by atoms with Gasteiger partial charge >= 0.3 is 0 Å². The van der Waals surface area contributed by atoms with Gasteiger partial charge in [0.25, 0.3) is 0 Å². The van der Waals surface area contributed by atoms with Gasteiger partial charge in [-0.3, -0.25) is 14.9 Å². The van der Waals surface area contributed by atoms with E-state index in [1.54, 1.807) is 12.1 Å². The zero-order chi connectivity index (χ0) is 20.7. The summed E-state index contributed by atoms with van der Waals surface area (Å²) in [6, 6.07) is 24.2. The van der Waals surface area contributed by atoms with Gasteiger partial charge in [0.05, 0.1) is 5.92 Å². The fourth-order valence-corrected chi connectivity index (χ4v) is 4.88. The van der Waals surface area contributed by atoms with Crippen LogP contribution in [0.25, 0.3) is 6.08 Å². The number of Topliss-reactive ketones (excluding diaryl/α,β-unsaturated/α-hetero) is 1. The highest BCUT2D eigenvalue weighted by Crippen LogP contribution is 2.46. The molecule has 0 aromatic heterocycles. The summed E-state index contributed by atoms with van der Waals surface area (Å²) in [4.78, 5) is 27.8. The topological polar surface area (TPSA) is 63.4 Å². The molecule has 0 radical (unpaired) electrons. The van der Waals surface area contributed by atoms with Crippen molar-refractivity contribution in [1.82, 2.24) is 0 Å². The van der Waals surface area contributed by atoms with Gasteiger partial charge in [-0.15, -0.1) is 0 Å². The number of benzene rings is 3. The van der Waals surface area contributed by atoms with E-state index < -0.39 is 24.0 Å². The first kappa shape index (κ1) is 18.3. The van der Waals surface area contributed by atoms with Crippen molar-refractivity contribution in [2.75, 3.05) is 4.90 Å². The molecule has 0 amide bonds. The summed E-state index contributed by atoms with van der Waals surface area (Å²) in [7, 11) is 0. The van der Waals surface area contributed by atoms with E-state index in [0.717, 1.165) is 16.8 Å². The lowest BCUT2D eigenvalue weighted by atomic mass is 9.84. The smallest absolute Gasteiger partial charge is 0.245 e. The molecule has 1 fully saturated rings. The maximum Gasteiger partial charge on any atom is 0.245 e. The van der Waals surface area contributed by atoms with E-state index in [9.17, 15) is 14.9 Å². The number of anilines is 1. The minimum absolute atomic E-state index is 0.0936. The summed E-state index contributed by atoms with van der Waals surface area (Å²) in [5, 5.41) is 12.3. The molecule has 1 saturated heterocycles. The molecule has 0 unspecified atom stereocenters. The summed E-state index contributed by atoms with van der Waals surface area (Å²) in [6.45, 7) is 0. The summed E-state index contributed by atoms with van der Waals surface area (Å²) in [6.07, 6.45) is 3.81. The molecule has 3 aromatic carbocycles. The molecule has 0 saturated carbocycles. The van der Waals surface area contributed by atoms with E-state index >= 15 is 0 Å². The molecule has 30 heavy (non-hydrogen) atoms. The van der Waals surface area contributed by atoms with E-state index in [4.69, 9.17) is 0 Å². The molecule has 2 heterocycles. The van der Waals surface area contributed by atoms with Crippen molar-refractivity contribution in [3.05, 3.63) is 118 Å². The second-order valence-electron chi connectivity index (χ2n) is 7.70. The molecule has 5 rings (SSSR count). The molecule has 5 heteroatoms. The second kappa shape index (κ2) is 7.26. The van der Waals surface area contributed by atoms with Gasteiger partial charge in [0.2, 0.25) is 6.04 Å². The summed E-state index contributed by atoms with van der Waals surface area (Å²) >= 11 is 0. The third-order valence-electron chi connectivity index (χ3n) is 6.12. The highest BCUT2D eigenvalue weighted by Gasteiger charge is 2.58. The Labute approximate surface area is 174 Å². The van der Waals surface area contributed by atoms with E-state index in [1.807, 2.05) is 89.8 Å². The molecule has 3 aromatic rings. The Balaban J connectivity index is 1.73. The maximum absolute atomic E-state index is 13.8. The number of carbonyl (C=O) groups is 1. The fraction of sp³-hybridized carbons (Fsp3) is 0.160. The molecule has 5 nitrogen and oxygen atoms in total. The normalized spacial score (nSPS) is 24.2. The third kappa shape index (κ3) is 2.82. The number of hydrogen-bond donors (Lipinski definition) is 0. The highest BCUT2D eigenvalue weighted by molar-refractivity contribution is 6.04. The van der Waals surface area contributed by atoms with Crippen LogP contribution in [0.5, 0.6) is 0 Å². The summed E-state index contributed by atoms with van der Waals surface area (Å²) in [5.41, 5.74) is 3.21. The Kier molecular flexibility index (Phi) is 4.43. The molecule has 0 aliphatic carbocycles. The predicted octanol–water partition coefficient (Wildman–Crippen LogP) is 4.58. The highest BCUT2D eigenvalue weighted by atomic mass is 16.6. The number of fused-ring (bicyclic) bond motifs is 3. The Morgan fingerprint density at radius 3 is 2.20 bits per heavy atom. The van der Waals surface area contributed by atoms with Crippen molar-refractivity contribution >= 4 is 17.5 Å². The summed E-state index contributed by atoms with van der Waals surface area (Å²) in [5.74, 6) is -0.654. The number of para-hydroxylation sites is 1. The number of nitro groups is 1. The van der Waals surface area contributed by atoms with Gasteiger partial charge in [0.15, 0.2) is 5.78 Å². The molecule has 0 spiro atoms. The first-order chi connectivity index (χ1) is 14.7. The Morgan fingerprint density at radius 2 is 1.50 bits per heavy atom. The number of ketones is 1. The molecule has 2 aliphatic heterocycles. The predicted molar refractivity (Wildman–Crippen MR) is 116 cm³/mol. The van der Waals surface area contributed by atoms with Crippen LogP contribution in [0.1, 0.15) is 27.4 Å². The molecular weight excluding hydrogens is 376 g/mol. The Morgan fingerprint density at radius 1 is 0.867 bits per heavy atom. The first-order valence-electron chi connectivity index (χ1n) is 10.00. The van der Waals surface area contributed by atoms with Crippen LogP contribution in [0, 0.1) is 10.1 Å². The van der Waals surface area contributed by atoms with Crippen molar-refractivity contribution in [2.24, 2.45) is 0 Å². The summed E-state index contributed by atoms with van der Waals surface area (Å²) < 4.78 is 0. The minimum Gasteiger partial charge on any atom is -0.346 e. The molecule has 0 bridgehead atoms. The number of carbonyl (C=O) groups excluding carboxylic acids is 1. The zero-order valence-corrected chi connectivity index (χ0v) is 16.2. The van der Waals surface area contributed by atoms with E-state index in [2.05, 4.69) is 0 Å². The second-order valence-corrected chi connectivity index (χ2v) is 7.70. The zero-order valence-electron chi connectivity index (χ0n) is 16.2. The van der Waals surface area contributed by atoms with Gasteiger partial charge in [0, 0.05) is 16.2 Å². The first-order valence-corrected chi connectivity index (χ1v) is 10.00. The van der Waals surface area contributed by atoms with Crippen molar-refractivity contribution in [3.63, 3.8) is 0 Å². The van der Waals surface area contributed by atoms with Crippen LogP contribution < -0.4 is 4.90 Å². The molecule has 4 atom stereocenters. The molecule has 148 valence electrons. The number of nitrogens with zero attached hydrogens (tertiary/aromatic N) is 2. The van der Waals surface area contributed by atoms with Gasteiger partial charge in [-0.25, -0.2) is 0 Å². The molecule has 2 aliphatic rings. The largest absolute Gasteiger partial charge is 0.346 e. The molecular formula is C25H20N2O3. The van der Waals surface area contributed by atoms with Gasteiger partial charge in [-0.05, 0) is 17.2 Å². The van der Waals surface area contributed by atoms with Crippen LogP contribution in [0.4, 0.5) is 5.69 Å². The van der Waals surface area contributed by atoms with Gasteiger partial charge in [-0.1, -0.05) is 91.0 Å². The van der Waals surface area contributed by atoms with Crippen LogP contribution in [-0.2, 0) is 0 Å². The van der Waals surface area contributed by atoms with Crippen LogP contribution >= 0.6 is 0 Å². The van der Waals surface area contributed by atoms with Crippen LogP contribution in [0.2, 0.25) is 0 Å². The lowest BCUT2D eigenvalue weighted by Gasteiger charge is -2.34. The van der Waals surface area contributed by atoms with Crippen molar-refractivity contribution in [3.8, 4) is 0 Å². The van der Waals surface area contributed by atoms with Crippen molar-refractivity contribution in [1.29, 1.82) is 0 Å². The Hall–Kier alpha value is -3.73. The number of hydrogen-bond acceptors (Lipinski definition) is 4. The van der Waals surface area contributed by atoms with Gasteiger partial charge < -0.3 is 4.90 Å². The van der Waals surface area contributed by atoms with Crippen LogP contribution in [0.15, 0.2) is 91.0 Å². The molecule has 0 N–H and O–H groups in total. The monoisotopic (exact) mass is 396 g/mol. The van der Waals surface area contributed by atoms with E-state index in [-0.39, 0.29) is 10.7 Å². The average molecular weight is 396 g/mol. The van der Waals surface area contributed by atoms with Crippen molar-refractivity contribution in [2.45, 2.75) is 24.0 Å². The lowest BCUT2D eigenvalue weighted by molar-refractivity contribution is -0.524. The maximum atomic E-state index is 13.8. The van der Waals surface area contributed by atoms with Gasteiger partial charge in [-0.2, -0.15) is 0 Å². The van der Waals surface area contributed by atoms with Crippen LogP contribution in [-0.4, -0.2) is 28.8 Å². The standard InChI is InChI=1S/C25H20N2O3/c28-25(19-12-5-2-6-13-19)24-22(18-10-3-1-4-11-18)23(27(29)30)21-16-15-17-9-7-8-14-20(17)26(21)24/h1-16,21-24H/t21-,22-,23-,24+/m1/s1. The van der Waals surface area contributed by atoms with Crippen molar-refractivity contribution < 1.29 is 9.72 Å². The minimum atomic E-state index is -0.922. The SMILES string of the molecule is O=C(c1ccccc1)[C@@H]1[C@H](c2ccccc2)[C@H]([N+](=O)[O-])[C@H]2C=Cc3ccccc3N21. The van der Waals surface area contributed by atoms with Crippen LogP contribution in [0.3, 0.4) is 0 Å². The third-order valence-corrected chi connectivity index (χ3v) is 6.12. The van der Waals surface area contributed by atoms with E-state index in [0.29, 0.717) is 5.56 Å². The Bertz CT molecular complexity index is 1130. The fourth-order valence-electron chi connectivity index (χ4n) is 4.88. The number of rotatable bonds is 4. The average Bonchev–Trinajstić information content (AvgIpc) is 3.16. The van der Waals surface area contributed by atoms with Gasteiger partial charge in [0.1, 0.15) is 12.1 Å².